The van der Waals surface area contributed by atoms with Crippen molar-refractivity contribution in [2.75, 3.05) is 18.0 Å². The number of nitrogens with zero attached hydrogens (tertiary/aromatic N) is 5. The van der Waals surface area contributed by atoms with Crippen molar-refractivity contribution in [1.82, 2.24) is 25.3 Å². The zero-order valence-corrected chi connectivity index (χ0v) is 15.3. The third-order valence-electron chi connectivity index (χ3n) is 5.15. The molecule has 2 aromatic heterocycles. The van der Waals surface area contributed by atoms with E-state index in [4.69, 9.17) is 4.42 Å². The summed E-state index contributed by atoms with van der Waals surface area (Å²) in [6, 6.07) is 16.2. The largest absolute Gasteiger partial charge is 0.423 e. The lowest BCUT2D eigenvalue weighted by Crippen LogP contribution is -2.41. The Morgan fingerprint density at radius 3 is 2.86 bits per heavy atom. The Labute approximate surface area is 161 Å². The highest BCUT2D eigenvalue weighted by Gasteiger charge is 2.28. The fourth-order valence-corrected chi connectivity index (χ4v) is 3.74. The summed E-state index contributed by atoms with van der Waals surface area (Å²) in [5.41, 5.74) is 3.27. The first-order valence-electron chi connectivity index (χ1n) is 9.45. The van der Waals surface area contributed by atoms with E-state index in [1.165, 1.54) is 0 Å². The van der Waals surface area contributed by atoms with Crippen LogP contribution in [0.5, 0.6) is 0 Å². The van der Waals surface area contributed by atoms with Gasteiger partial charge in [-0.25, -0.2) is 4.68 Å². The van der Waals surface area contributed by atoms with Gasteiger partial charge in [-0.15, -0.1) is 5.10 Å². The summed E-state index contributed by atoms with van der Waals surface area (Å²) < 4.78 is 7.53. The number of rotatable bonds is 5. The lowest BCUT2D eigenvalue weighted by molar-refractivity contribution is -0.121. The molecule has 1 amide bonds. The molecule has 0 aliphatic carbocycles. The maximum absolute atomic E-state index is 12.4. The first-order valence-corrected chi connectivity index (χ1v) is 9.45. The van der Waals surface area contributed by atoms with Gasteiger partial charge in [-0.3, -0.25) is 4.79 Å². The molecule has 1 fully saturated rings. The summed E-state index contributed by atoms with van der Waals surface area (Å²) in [6.45, 7) is 1.57. The molecule has 1 aliphatic rings. The van der Waals surface area contributed by atoms with Gasteiger partial charge >= 0.3 is 0 Å². The molecule has 0 radical (unpaired) electrons. The molecule has 0 spiro atoms. The molecule has 28 heavy (non-hydrogen) atoms. The van der Waals surface area contributed by atoms with Gasteiger partial charge in [0.2, 0.25) is 5.91 Å². The molecule has 1 aliphatic heterocycles. The van der Waals surface area contributed by atoms with E-state index in [2.05, 4.69) is 25.5 Å². The second-order valence-electron chi connectivity index (χ2n) is 6.99. The van der Waals surface area contributed by atoms with E-state index in [1.807, 2.05) is 48.5 Å². The molecule has 1 atom stereocenters. The molecule has 2 aromatic carbocycles. The Morgan fingerprint density at radius 1 is 1.14 bits per heavy atom. The summed E-state index contributed by atoms with van der Waals surface area (Å²) in [4.78, 5) is 19.2. The number of hydrogen-bond donors (Lipinski definition) is 1. The van der Waals surface area contributed by atoms with E-state index < -0.39 is 0 Å². The van der Waals surface area contributed by atoms with E-state index in [-0.39, 0.29) is 18.5 Å². The minimum atomic E-state index is -0.0833. The number of oxazole rings is 1. The monoisotopic (exact) mass is 376 g/mol. The summed E-state index contributed by atoms with van der Waals surface area (Å²) in [7, 11) is 0. The summed E-state index contributed by atoms with van der Waals surface area (Å²) in [5, 5.41) is 11.2. The second-order valence-corrected chi connectivity index (χ2v) is 6.99. The number of fused-ring (bicyclic) bond motifs is 2. The predicted molar refractivity (Wildman–Crippen MR) is 105 cm³/mol. The summed E-state index contributed by atoms with van der Waals surface area (Å²) in [5.74, 6) is -0.0833. The van der Waals surface area contributed by atoms with E-state index in [1.54, 1.807) is 4.68 Å². The number of para-hydroxylation sites is 3. The van der Waals surface area contributed by atoms with Gasteiger partial charge in [-0.2, -0.15) is 4.98 Å². The van der Waals surface area contributed by atoms with Crippen LogP contribution < -0.4 is 10.2 Å². The van der Waals surface area contributed by atoms with Gasteiger partial charge in [-0.1, -0.05) is 29.5 Å². The standard InChI is InChI=1S/C20H20N6O2/c27-19(13-26-17-9-3-1-7-15(17)23-24-26)21-12-14-6-5-11-25(14)20-22-16-8-2-4-10-18(16)28-20/h1-4,7-10,14H,5-6,11-13H2,(H,21,27). The fourth-order valence-electron chi connectivity index (χ4n) is 3.74. The third-order valence-corrected chi connectivity index (χ3v) is 5.15. The smallest absolute Gasteiger partial charge is 0.298 e. The number of benzene rings is 2. The fraction of sp³-hybridized carbons (Fsp3) is 0.300. The molecular formula is C20H20N6O2. The van der Waals surface area contributed by atoms with Crippen LogP contribution in [0.2, 0.25) is 0 Å². The molecule has 8 nitrogen and oxygen atoms in total. The highest BCUT2D eigenvalue weighted by Crippen LogP contribution is 2.28. The van der Waals surface area contributed by atoms with Crippen molar-refractivity contribution >= 4 is 34.1 Å². The van der Waals surface area contributed by atoms with E-state index >= 15 is 0 Å². The summed E-state index contributed by atoms with van der Waals surface area (Å²) in [6.07, 6.45) is 2.04. The van der Waals surface area contributed by atoms with Crippen LogP contribution in [0, 0.1) is 0 Å². The van der Waals surface area contributed by atoms with Crippen molar-refractivity contribution in [2.45, 2.75) is 25.4 Å². The molecule has 0 bridgehead atoms. The van der Waals surface area contributed by atoms with Gasteiger partial charge in [0.25, 0.3) is 6.01 Å². The van der Waals surface area contributed by atoms with E-state index in [9.17, 15) is 4.79 Å². The van der Waals surface area contributed by atoms with Gasteiger partial charge < -0.3 is 14.6 Å². The minimum Gasteiger partial charge on any atom is -0.423 e. The topological polar surface area (TPSA) is 89.1 Å². The molecule has 1 N–H and O–H groups in total. The Kier molecular flexibility index (Phi) is 4.16. The average molecular weight is 376 g/mol. The van der Waals surface area contributed by atoms with Gasteiger partial charge in [0, 0.05) is 13.1 Å². The Hall–Kier alpha value is -3.42. The molecule has 3 heterocycles. The van der Waals surface area contributed by atoms with Crippen molar-refractivity contribution in [3.8, 4) is 0 Å². The molecule has 8 heteroatoms. The molecule has 1 unspecified atom stereocenters. The molecule has 5 rings (SSSR count). The first-order chi connectivity index (χ1) is 13.8. The zero-order valence-electron chi connectivity index (χ0n) is 15.3. The van der Waals surface area contributed by atoms with Crippen LogP contribution in [0.3, 0.4) is 0 Å². The second kappa shape index (κ2) is 6.95. The van der Waals surface area contributed by atoms with Gasteiger partial charge in [0.1, 0.15) is 17.6 Å². The molecule has 4 aromatic rings. The Morgan fingerprint density at radius 2 is 1.96 bits per heavy atom. The number of amides is 1. The minimum absolute atomic E-state index is 0.0833. The van der Waals surface area contributed by atoms with Crippen LogP contribution in [0.25, 0.3) is 22.1 Å². The maximum atomic E-state index is 12.4. The number of hydrogen-bond acceptors (Lipinski definition) is 6. The molecular weight excluding hydrogens is 356 g/mol. The highest BCUT2D eigenvalue weighted by molar-refractivity contribution is 5.79. The van der Waals surface area contributed by atoms with Gasteiger partial charge in [0.15, 0.2) is 5.58 Å². The zero-order chi connectivity index (χ0) is 18.9. The first kappa shape index (κ1) is 16.7. The number of nitrogens with one attached hydrogen (secondary N) is 1. The SMILES string of the molecule is O=C(Cn1nnc2ccccc21)NCC1CCCN1c1nc2ccccc2o1. The Balaban J connectivity index is 1.24. The lowest BCUT2D eigenvalue weighted by atomic mass is 10.2. The summed E-state index contributed by atoms with van der Waals surface area (Å²) >= 11 is 0. The highest BCUT2D eigenvalue weighted by atomic mass is 16.4. The van der Waals surface area contributed by atoms with E-state index in [0.717, 1.165) is 41.5 Å². The normalized spacial score (nSPS) is 16.9. The third kappa shape index (κ3) is 3.06. The van der Waals surface area contributed by atoms with Crippen molar-refractivity contribution in [2.24, 2.45) is 0 Å². The number of carbonyl (C=O) groups excluding carboxylic acids is 1. The van der Waals surface area contributed by atoms with Gasteiger partial charge in [-0.05, 0) is 37.1 Å². The lowest BCUT2D eigenvalue weighted by Gasteiger charge is -2.23. The number of carbonyl (C=O) groups is 1. The maximum Gasteiger partial charge on any atom is 0.298 e. The van der Waals surface area contributed by atoms with Gasteiger partial charge in [0.05, 0.1) is 11.6 Å². The van der Waals surface area contributed by atoms with Crippen LogP contribution in [0.4, 0.5) is 6.01 Å². The average Bonchev–Trinajstić information content (AvgIpc) is 3.44. The number of anilines is 1. The molecule has 142 valence electrons. The van der Waals surface area contributed by atoms with Crippen LogP contribution in [0.15, 0.2) is 52.9 Å². The van der Waals surface area contributed by atoms with E-state index in [0.29, 0.717) is 12.6 Å². The van der Waals surface area contributed by atoms with Crippen molar-refractivity contribution < 1.29 is 9.21 Å². The Bertz CT molecular complexity index is 1100. The number of aromatic nitrogens is 4. The van der Waals surface area contributed by atoms with Crippen LogP contribution in [-0.4, -0.2) is 45.0 Å². The molecule has 0 saturated carbocycles. The van der Waals surface area contributed by atoms with Crippen molar-refractivity contribution in [1.29, 1.82) is 0 Å². The van der Waals surface area contributed by atoms with Crippen LogP contribution >= 0.6 is 0 Å². The van der Waals surface area contributed by atoms with Crippen LogP contribution in [0.1, 0.15) is 12.8 Å². The predicted octanol–water partition coefficient (Wildman–Crippen LogP) is 2.36. The van der Waals surface area contributed by atoms with Crippen molar-refractivity contribution in [3.05, 3.63) is 48.5 Å². The van der Waals surface area contributed by atoms with Crippen LogP contribution in [-0.2, 0) is 11.3 Å². The van der Waals surface area contributed by atoms with Crippen molar-refractivity contribution in [3.63, 3.8) is 0 Å². The molecule has 1 saturated heterocycles. The quantitative estimate of drug-likeness (QED) is 0.575.